The largest absolute Gasteiger partial charge is 0.301 e. The van der Waals surface area contributed by atoms with Crippen LogP contribution in [0.4, 0.5) is 0 Å². The maximum Gasteiger partial charge on any atom is 0.0682 e. The van der Waals surface area contributed by atoms with E-state index in [1.54, 1.807) is 0 Å². The van der Waals surface area contributed by atoms with Gasteiger partial charge >= 0.3 is 0 Å². The lowest BCUT2D eigenvalue weighted by Crippen LogP contribution is -2.50. The zero-order valence-corrected chi connectivity index (χ0v) is 11.4. The van der Waals surface area contributed by atoms with Crippen molar-refractivity contribution in [3.63, 3.8) is 0 Å². The molecular formula is C13H25NS. The van der Waals surface area contributed by atoms with E-state index in [0.29, 0.717) is 4.87 Å². The maximum absolute atomic E-state index is 3.85. The topological polar surface area (TPSA) is 12.0 Å². The van der Waals surface area contributed by atoms with E-state index in [0.717, 1.165) is 23.0 Å². The Morgan fingerprint density at radius 3 is 2.53 bits per heavy atom. The van der Waals surface area contributed by atoms with Crippen molar-refractivity contribution in [1.82, 2.24) is 5.32 Å². The minimum Gasteiger partial charge on any atom is -0.301 e. The SMILES string of the molecule is CC1CCC(C(C)C)C2(C1)NCC(C)S2. The first kappa shape index (κ1) is 11.8. The molecule has 0 bridgehead atoms. The standard InChI is InChI=1S/C13H25NS/c1-9(2)12-6-5-10(3)7-13(12)14-8-11(4)15-13/h9-12,14H,5-8H2,1-4H3. The van der Waals surface area contributed by atoms with Gasteiger partial charge in [0, 0.05) is 11.8 Å². The molecule has 15 heavy (non-hydrogen) atoms. The fourth-order valence-electron chi connectivity index (χ4n) is 3.44. The Hall–Kier alpha value is 0.310. The van der Waals surface area contributed by atoms with Crippen molar-refractivity contribution in [3.05, 3.63) is 0 Å². The van der Waals surface area contributed by atoms with Gasteiger partial charge in [-0.2, -0.15) is 0 Å². The summed E-state index contributed by atoms with van der Waals surface area (Å²) in [4.78, 5) is 0.422. The van der Waals surface area contributed by atoms with Crippen molar-refractivity contribution in [2.75, 3.05) is 6.54 Å². The van der Waals surface area contributed by atoms with E-state index in [9.17, 15) is 0 Å². The molecule has 1 heterocycles. The highest BCUT2D eigenvalue weighted by Gasteiger charge is 2.48. The summed E-state index contributed by atoms with van der Waals surface area (Å²) in [5.41, 5.74) is 0. The van der Waals surface area contributed by atoms with Crippen molar-refractivity contribution >= 4 is 11.8 Å². The summed E-state index contributed by atoms with van der Waals surface area (Å²) in [6.07, 6.45) is 4.23. The fourth-order valence-corrected chi connectivity index (χ4v) is 5.43. The highest BCUT2D eigenvalue weighted by Crippen LogP contribution is 2.51. The molecule has 0 aromatic heterocycles. The quantitative estimate of drug-likeness (QED) is 0.736. The Bertz CT molecular complexity index is 229. The Morgan fingerprint density at radius 2 is 2.00 bits per heavy atom. The second-order valence-corrected chi connectivity index (χ2v) is 7.70. The molecule has 1 saturated carbocycles. The third-order valence-electron chi connectivity index (χ3n) is 4.13. The average Bonchev–Trinajstić information content (AvgIpc) is 2.47. The second kappa shape index (κ2) is 4.29. The summed E-state index contributed by atoms with van der Waals surface area (Å²) in [7, 11) is 0. The van der Waals surface area contributed by atoms with E-state index in [2.05, 4.69) is 44.8 Å². The molecule has 1 aliphatic heterocycles. The number of hydrogen-bond donors (Lipinski definition) is 1. The van der Waals surface area contributed by atoms with Crippen LogP contribution in [-0.4, -0.2) is 16.7 Å². The molecule has 4 atom stereocenters. The first-order valence-electron chi connectivity index (χ1n) is 6.46. The third-order valence-corrected chi connectivity index (χ3v) is 5.73. The first-order valence-corrected chi connectivity index (χ1v) is 7.34. The van der Waals surface area contributed by atoms with Gasteiger partial charge in [0.2, 0.25) is 0 Å². The van der Waals surface area contributed by atoms with Crippen LogP contribution in [0.3, 0.4) is 0 Å². The predicted octanol–water partition coefficient (Wildman–Crippen LogP) is 3.50. The van der Waals surface area contributed by atoms with Crippen LogP contribution >= 0.6 is 11.8 Å². The van der Waals surface area contributed by atoms with Gasteiger partial charge < -0.3 is 5.32 Å². The number of thioether (sulfide) groups is 1. The monoisotopic (exact) mass is 227 g/mol. The van der Waals surface area contributed by atoms with E-state index in [4.69, 9.17) is 0 Å². The van der Waals surface area contributed by atoms with Gasteiger partial charge in [-0.25, -0.2) is 0 Å². The molecule has 1 N–H and O–H groups in total. The summed E-state index contributed by atoms with van der Waals surface area (Å²) < 4.78 is 0. The van der Waals surface area contributed by atoms with Crippen LogP contribution in [0.2, 0.25) is 0 Å². The molecule has 0 aromatic rings. The number of rotatable bonds is 1. The van der Waals surface area contributed by atoms with Gasteiger partial charge in [0.15, 0.2) is 0 Å². The van der Waals surface area contributed by atoms with Crippen LogP contribution in [-0.2, 0) is 0 Å². The summed E-state index contributed by atoms with van der Waals surface area (Å²) >= 11 is 2.22. The van der Waals surface area contributed by atoms with Crippen LogP contribution in [0.25, 0.3) is 0 Å². The fraction of sp³-hybridized carbons (Fsp3) is 1.00. The zero-order valence-electron chi connectivity index (χ0n) is 10.5. The van der Waals surface area contributed by atoms with Crippen molar-refractivity contribution in [2.24, 2.45) is 17.8 Å². The number of nitrogens with one attached hydrogen (secondary N) is 1. The molecule has 2 fully saturated rings. The Balaban J connectivity index is 2.16. The van der Waals surface area contributed by atoms with E-state index in [1.165, 1.54) is 25.8 Å². The highest BCUT2D eigenvalue weighted by atomic mass is 32.2. The second-order valence-electron chi connectivity index (χ2n) is 5.94. The lowest BCUT2D eigenvalue weighted by Gasteiger charge is -2.45. The molecule has 2 rings (SSSR count). The van der Waals surface area contributed by atoms with Crippen LogP contribution in [0.15, 0.2) is 0 Å². The third kappa shape index (κ3) is 2.21. The van der Waals surface area contributed by atoms with Crippen molar-refractivity contribution in [2.45, 2.75) is 57.1 Å². The van der Waals surface area contributed by atoms with Crippen molar-refractivity contribution < 1.29 is 0 Å². The van der Waals surface area contributed by atoms with Crippen LogP contribution in [0.5, 0.6) is 0 Å². The maximum atomic E-state index is 3.85. The predicted molar refractivity (Wildman–Crippen MR) is 69.1 cm³/mol. The van der Waals surface area contributed by atoms with E-state index < -0.39 is 0 Å². The zero-order chi connectivity index (χ0) is 11.1. The van der Waals surface area contributed by atoms with Crippen molar-refractivity contribution in [3.8, 4) is 0 Å². The Kier molecular flexibility index (Phi) is 3.37. The highest BCUT2D eigenvalue weighted by molar-refractivity contribution is 8.01. The molecule has 1 saturated heterocycles. The minimum absolute atomic E-state index is 0.422. The Morgan fingerprint density at radius 1 is 1.27 bits per heavy atom. The summed E-state index contributed by atoms with van der Waals surface area (Å²) in [5, 5.41) is 4.65. The van der Waals surface area contributed by atoms with E-state index in [1.807, 2.05) is 0 Å². The molecule has 88 valence electrons. The van der Waals surface area contributed by atoms with Crippen LogP contribution in [0.1, 0.15) is 47.0 Å². The molecule has 0 aromatic carbocycles. The molecule has 4 unspecified atom stereocenters. The van der Waals surface area contributed by atoms with Gasteiger partial charge in [-0.1, -0.05) is 34.1 Å². The van der Waals surface area contributed by atoms with E-state index in [-0.39, 0.29) is 0 Å². The summed E-state index contributed by atoms with van der Waals surface area (Å²) in [5.74, 6) is 2.61. The van der Waals surface area contributed by atoms with Crippen LogP contribution in [0, 0.1) is 17.8 Å². The summed E-state index contributed by atoms with van der Waals surface area (Å²) in [6, 6.07) is 0. The number of hydrogen-bond acceptors (Lipinski definition) is 2. The van der Waals surface area contributed by atoms with Gasteiger partial charge in [0.25, 0.3) is 0 Å². The molecular weight excluding hydrogens is 202 g/mol. The molecule has 1 aliphatic carbocycles. The van der Waals surface area contributed by atoms with Gasteiger partial charge in [0.05, 0.1) is 4.87 Å². The Labute approximate surface area is 98.8 Å². The molecule has 2 heteroatoms. The lowest BCUT2D eigenvalue weighted by atomic mass is 9.73. The molecule has 1 spiro atoms. The smallest absolute Gasteiger partial charge is 0.0682 e. The van der Waals surface area contributed by atoms with Crippen molar-refractivity contribution in [1.29, 1.82) is 0 Å². The summed E-state index contributed by atoms with van der Waals surface area (Å²) in [6.45, 7) is 10.8. The van der Waals surface area contributed by atoms with Crippen LogP contribution < -0.4 is 5.32 Å². The molecule has 1 nitrogen and oxygen atoms in total. The molecule has 0 amide bonds. The van der Waals surface area contributed by atoms with E-state index >= 15 is 0 Å². The first-order chi connectivity index (χ1) is 7.03. The lowest BCUT2D eigenvalue weighted by molar-refractivity contribution is 0.153. The average molecular weight is 227 g/mol. The minimum atomic E-state index is 0.422. The van der Waals surface area contributed by atoms with Gasteiger partial charge in [-0.05, 0) is 30.6 Å². The normalized spacial score (nSPS) is 46.6. The van der Waals surface area contributed by atoms with Gasteiger partial charge in [-0.15, -0.1) is 11.8 Å². The molecule has 2 aliphatic rings. The van der Waals surface area contributed by atoms with Gasteiger partial charge in [0.1, 0.15) is 0 Å². The molecule has 0 radical (unpaired) electrons. The van der Waals surface area contributed by atoms with Gasteiger partial charge in [-0.3, -0.25) is 0 Å².